The molecule has 1 aliphatic heterocycles. The molecule has 78 valence electrons. The second-order valence-electron chi connectivity index (χ2n) is 3.44. The van der Waals surface area contributed by atoms with Crippen molar-refractivity contribution in [2.75, 3.05) is 11.9 Å². The van der Waals surface area contributed by atoms with Crippen LogP contribution in [0.2, 0.25) is 0 Å². The van der Waals surface area contributed by atoms with Gasteiger partial charge in [0.1, 0.15) is 0 Å². The monoisotopic (exact) mass is 204 g/mol. The lowest BCUT2D eigenvalue weighted by atomic mass is 10.1. The summed E-state index contributed by atoms with van der Waals surface area (Å²) in [5, 5.41) is 11.8. The van der Waals surface area contributed by atoms with E-state index >= 15 is 0 Å². The molecule has 0 aromatic heterocycles. The van der Waals surface area contributed by atoms with Gasteiger partial charge in [-0.3, -0.25) is 9.79 Å². The highest BCUT2D eigenvalue weighted by atomic mass is 16.4. The van der Waals surface area contributed by atoms with Gasteiger partial charge in [-0.1, -0.05) is 12.1 Å². The van der Waals surface area contributed by atoms with E-state index in [-0.39, 0.29) is 6.42 Å². The average Bonchev–Trinajstić information content (AvgIpc) is 2.26. The number of carboxylic acid groups (broad SMARTS) is 1. The fourth-order valence-corrected chi connectivity index (χ4v) is 1.52. The Hall–Kier alpha value is -1.84. The molecule has 4 nitrogen and oxygen atoms in total. The zero-order valence-corrected chi connectivity index (χ0v) is 8.23. The van der Waals surface area contributed by atoms with Crippen LogP contribution in [0.15, 0.2) is 29.3 Å². The van der Waals surface area contributed by atoms with Crippen LogP contribution in [0.4, 0.5) is 11.4 Å². The first-order valence-corrected chi connectivity index (χ1v) is 4.87. The van der Waals surface area contributed by atoms with E-state index < -0.39 is 5.97 Å². The van der Waals surface area contributed by atoms with Crippen LogP contribution in [0.3, 0.4) is 0 Å². The minimum Gasteiger partial charge on any atom is -0.481 e. The van der Waals surface area contributed by atoms with Crippen LogP contribution < -0.4 is 5.32 Å². The van der Waals surface area contributed by atoms with Crippen molar-refractivity contribution in [3.63, 3.8) is 0 Å². The van der Waals surface area contributed by atoms with E-state index in [4.69, 9.17) is 5.11 Å². The molecule has 4 heteroatoms. The maximum atomic E-state index is 10.4. The number of carbonyl (C=O) groups is 1. The number of para-hydroxylation sites is 2. The van der Waals surface area contributed by atoms with Crippen molar-refractivity contribution in [2.24, 2.45) is 4.99 Å². The van der Waals surface area contributed by atoms with Crippen LogP contribution in [0, 0.1) is 0 Å². The number of fused-ring (bicyclic) bond motifs is 1. The quantitative estimate of drug-likeness (QED) is 0.792. The summed E-state index contributed by atoms with van der Waals surface area (Å²) < 4.78 is 0. The van der Waals surface area contributed by atoms with E-state index in [1.54, 1.807) is 0 Å². The van der Waals surface area contributed by atoms with Crippen LogP contribution in [-0.2, 0) is 4.79 Å². The zero-order valence-electron chi connectivity index (χ0n) is 8.23. The molecule has 1 aliphatic rings. The minimum absolute atomic E-state index is 0.142. The van der Waals surface area contributed by atoms with Gasteiger partial charge in [-0.2, -0.15) is 0 Å². The van der Waals surface area contributed by atoms with Crippen molar-refractivity contribution in [1.29, 1.82) is 0 Å². The van der Waals surface area contributed by atoms with Crippen LogP contribution >= 0.6 is 0 Å². The Morgan fingerprint density at radius 1 is 1.47 bits per heavy atom. The number of hydrogen-bond acceptors (Lipinski definition) is 3. The molecule has 1 aromatic rings. The number of nitrogens with one attached hydrogen (secondary N) is 1. The molecule has 2 N–H and O–H groups in total. The molecule has 2 rings (SSSR count). The molecule has 0 saturated heterocycles. The van der Waals surface area contributed by atoms with Crippen molar-refractivity contribution >= 4 is 23.1 Å². The number of aliphatic carboxylic acids is 1. The lowest BCUT2D eigenvalue weighted by molar-refractivity contribution is -0.136. The van der Waals surface area contributed by atoms with E-state index in [2.05, 4.69) is 10.3 Å². The summed E-state index contributed by atoms with van der Waals surface area (Å²) in [7, 11) is 0. The summed E-state index contributed by atoms with van der Waals surface area (Å²) >= 11 is 0. The molecule has 0 bridgehead atoms. The standard InChI is InChI=1S/C11H12N2O2/c14-11(15)6-5-8-7-12-9-3-1-2-4-10(9)13-8/h1-4,12H,5-7H2,(H,14,15). The number of anilines is 1. The second kappa shape index (κ2) is 4.13. The lowest BCUT2D eigenvalue weighted by Gasteiger charge is -2.16. The zero-order chi connectivity index (χ0) is 10.7. The average molecular weight is 204 g/mol. The molecule has 0 aliphatic carbocycles. The molecular weight excluding hydrogens is 192 g/mol. The first-order chi connectivity index (χ1) is 7.25. The Morgan fingerprint density at radius 2 is 2.27 bits per heavy atom. The number of rotatable bonds is 3. The van der Waals surface area contributed by atoms with Crippen LogP contribution in [-0.4, -0.2) is 23.3 Å². The molecule has 0 saturated carbocycles. The van der Waals surface area contributed by atoms with Crippen LogP contribution in [0.25, 0.3) is 0 Å². The Balaban J connectivity index is 2.11. The SMILES string of the molecule is O=C(O)CCC1=Nc2ccccc2NC1. The van der Waals surface area contributed by atoms with E-state index in [0.717, 1.165) is 17.1 Å². The van der Waals surface area contributed by atoms with Crippen molar-refractivity contribution in [2.45, 2.75) is 12.8 Å². The van der Waals surface area contributed by atoms with Gasteiger partial charge in [0.2, 0.25) is 0 Å². The first-order valence-electron chi connectivity index (χ1n) is 4.87. The topological polar surface area (TPSA) is 61.7 Å². The van der Waals surface area contributed by atoms with Crippen LogP contribution in [0.1, 0.15) is 12.8 Å². The highest BCUT2D eigenvalue weighted by Gasteiger charge is 2.11. The number of carboxylic acids is 1. The second-order valence-corrected chi connectivity index (χ2v) is 3.44. The van der Waals surface area contributed by atoms with Gasteiger partial charge in [0, 0.05) is 5.71 Å². The number of nitrogens with zero attached hydrogens (tertiary/aromatic N) is 1. The van der Waals surface area contributed by atoms with Gasteiger partial charge in [-0.15, -0.1) is 0 Å². The molecule has 0 amide bonds. The third kappa shape index (κ3) is 2.34. The highest BCUT2D eigenvalue weighted by Crippen LogP contribution is 2.27. The number of hydrogen-bond donors (Lipinski definition) is 2. The molecule has 0 unspecified atom stereocenters. The molecule has 1 aromatic carbocycles. The lowest BCUT2D eigenvalue weighted by Crippen LogP contribution is -2.18. The molecular formula is C11H12N2O2. The van der Waals surface area contributed by atoms with Gasteiger partial charge in [0.25, 0.3) is 0 Å². The predicted molar refractivity (Wildman–Crippen MR) is 58.9 cm³/mol. The summed E-state index contributed by atoms with van der Waals surface area (Å²) in [6.45, 7) is 0.643. The third-order valence-corrected chi connectivity index (χ3v) is 2.29. The smallest absolute Gasteiger partial charge is 0.303 e. The highest BCUT2D eigenvalue weighted by molar-refractivity contribution is 5.96. The van der Waals surface area contributed by atoms with Gasteiger partial charge >= 0.3 is 5.97 Å². The van der Waals surface area contributed by atoms with Crippen molar-refractivity contribution in [3.05, 3.63) is 24.3 Å². The van der Waals surface area contributed by atoms with Crippen molar-refractivity contribution < 1.29 is 9.90 Å². The van der Waals surface area contributed by atoms with Crippen molar-refractivity contribution in [1.82, 2.24) is 0 Å². The maximum Gasteiger partial charge on any atom is 0.303 e. The minimum atomic E-state index is -0.781. The Bertz CT molecular complexity index is 413. The predicted octanol–water partition coefficient (Wildman–Crippen LogP) is 2.05. The van der Waals surface area contributed by atoms with Gasteiger partial charge in [0.15, 0.2) is 0 Å². The fourth-order valence-electron chi connectivity index (χ4n) is 1.52. The van der Waals surface area contributed by atoms with Crippen molar-refractivity contribution in [3.8, 4) is 0 Å². The Kier molecular flexibility index (Phi) is 2.67. The van der Waals surface area contributed by atoms with Gasteiger partial charge < -0.3 is 10.4 Å². The van der Waals surface area contributed by atoms with E-state index in [0.29, 0.717) is 13.0 Å². The van der Waals surface area contributed by atoms with E-state index in [1.165, 1.54) is 0 Å². The van der Waals surface area contributed by atoms with Crippen LogP contribution in [0.5, 0.6) is 0 Å². The molecule has 15 heavy (non-hydrogen) atoms. The summed E-state index contributed by atoms with van der Waals surface area (Å²) in [5.74, 6) is -0.781. The van der Waals surface area contributed by atoms with E-state index in [9.17, 15) is 4.79 Å². The number of benzene rings is 1. The first kappa shape index (κ1) is 9.71. The van der Waals surface area contributed by atoms with E-state index in [1.807, 2.05) is 24.3 Å². The molecule has 0 atom stereocenters. The van der Waals surface area contributed by atoms with Gasteiger partial charge in [0.05, 0.1) is 24.3 Å². The van der Waals surface area contributed by atoms with Gasteiger partial charge in [-0.25, -0.2) is 0 Å². The molecule has 0 spiro atoms. The summed E-state index contributed by atoms with van der Waals surface area (Å²) in [4.78, 5) is 14.8. The molecule has 0 fully saturated rings. The largest absolute Gasteiger partial charge is 0.481 e. The normalized spacial score (nSPS) is 13.7. The number of aliphatic imine (C=N–C) groups is 1. The Morgan fingerprint density at radius 3 is 3.07 bits per heavy atom. The third-order valence-electron chi connectivity index (χ3n) is 2.29. The Labute approximate surface area is 87.7 Å². The maximum absolute atomic E-state index is 10.4. The molecule has 0 radical (unpaired) electrons. The van der Waals surface area contributed by atoms with Gasteiger partial charge in [-0.05, 0) is 18.6 Å². The molecule has 1 heterocycles. The summed E-state index contributed by atoms with van der Waals surface area (Å²) in [6, 6.07) is 7.75. The summed E-state index contributed by atoms with van der Waals surface area (Å²) in [6.07, 6.45) is 0.652. The fraction of sp³-hybridized carbons (Fsp3) is 0.273. The summed E-state index contributed by atoms with van der Waals surface area (Å²) in [5.41, 5.74) is 2.80.